The molecule has 0 aromatic carbocycles. The molecule has 2 N–H and O–H groups in total. The lowest BCUT2D eigenvalue weighted by molar-refractivity contribution is -0.132. The first-order valence-corrected chi connectivity index (χ1v) is 8.29. The third-order valence-corrected chi connectivity index (χ3v) is 4.87. The highest BCUT2D eigenvalue weighted by Crippen LogP contribution is 2.08. The van der Waals surface area contributed by atoms with Crippen LogP contribution in [0.25, 0.3) is 0 Å². The minimum atomic E-state index is -3.76. The molecule has 0 bridgehead atoms. The van der Waals surface area contributed by atoms with E-state index in [0.717, 1.165) is 13.1 Å². The standard InChI is InChI=1S/C12H21N5O3S/c1-9-6-13-4-5-17(9)12(18)7-14-21(19,20)11-8-16(3)10(2)15-11/h8-9,13-14H,4-7H2,1-3H3/t9-/m1/s1. The molecule has 1 saturated heterocycles. The Hall–Kier alpha value is -1.45. The summed E-state index contributed by atoms with van der Waals surface area (Å²) in [4.78, 5) is 17.8. The summed E-state index contributed by atoms with van der Waals surface area (Å²) in [5.74, 6) is 0.373. The Morgan fingerprint density at radius 2 is 2.29 bits per heavy atom. The number of rotatable bonds is 4. The average Bonchev–Trinajstić information content (AvgIpc) is 2.77. The lowest BCUT2D eigenvalue weighted by Crippen LogP contribution is -2.54. The van der Waals surface area contributed by atoms with Crippen LogP contribution in [0, 0.1) is 6.92 Å². The summed E-state index contributed by atoms with van der Waals surface area (Å²) in [7, 11) is -2.04. The predicted octanol–water partition coefficient (Wildman–Crippen LogP) is -1.17. The molecule has 118 valence electrons. The number of nitrogens with one attached hydrogen (secondary N) is 2. The van der Waals surface area contributed by atoms with E-state index in [9.17, 15) is 13.2 Å². The van der Waals surface area contributed by atoms with Gasteiger partial charge in [0.05, 0.1) is 6.54 Å². The Bertz CT molecular complexity index is 605. The van der Waals surface area contributed by atoms with Crippen LogP contribution in [0.4, 0.5) is 0 Å². The van der Waals surface area contributed by atoms with E-state index in [2.05, 4.69) is 15.0 Å². The largest absolute Gasteiger partial charge is 0.337 e. The van der Waals surface area contributed by atoms with E-state index in [0.29, 0.717) is 12.4 Å². The number of amides is 1. The van der Waals surface area contributed by atoms with Gasteiger partial charge in [-0.3, -0.25) is 4.79 Å². The zero-order valence-electron chi connectivity index (χ0n) is 12.5. The monoisotopic (exact) mass is 315 g/mol. The number of aromatic nitrogens is 2. The predicted molar refractivity (Wildman–Crippen MR) is 77.2 cm³/mol. The average molecular weight is 315 g/mol. The fourth-order valence-corrected chi connectivity index (χ4v) is 3.21. The van der Waals surface area contributed by atoms with E-state index in [-0.39, 0.29) is 23.5 Å². The number of piperazine rings is 1. The second kappa shape index (κ2) is 6.12. The maximum atomic E-state index is 12.1. The van der Waals surface area contributed by atoms with Gasteiger partial charge in [0.2, 0.25) is 5.91 Å². The minimum absolute atomic E-state index is 0.0628. The maximum Gasteiger partial charge on any atom is 0.260 e. The van der Waals surface area contributed by atoms with E-state index in [1.807, 2.05) is 6.92 Å². The highest BCUT2D eigenvalue weighted by Gasteiger charge is 2.25. The second-order valence-electron chi connectivity index (χ2n) is 5.20. The molecule has 0 saturated carbocycles. The molecule has 9 heteroatoms. The number of hydrogen-bond donors (Lipinski definition) is 2. The number of carbonyl (C=O) groups is 1. The number of aryl methyl sites for hydroxylation is 2. The van der Waals surface area contributed by atoms with Crippen LogP contribution in [0.3, 0.4) is 0 Å². The van der Waals surface area contributed by atoms with Gasteiger partial charge >= 0.3 is 0 Å². The van der Waals surface area contributed by atoms with E-state index in [1.165, 1.54) is 6.20 Å². The molecule has 2 rings (SSSR count). The molecule has 1 aliphatic heterocycles. The van der Waals surface area contributed by atoms with Crippen molar-refractivity contribution >= 4 is 15.9 Å². The summed E-state index contributed by atoms with van der Waals surface area (Å²) in [6, 6.07) is 0.0628. The molecule has 21 heavy (non-hydrogen) atoms. The molecule has 1 fully saturated rings. The van der Waals surface area contributed by atoms with Crippen molar-refractivity contribution in [2.45, 2.75) is 24.9 Å². The minimum Gasteiger partial charge on any atom is -0.337 e. The van der Waals surface area contributed by atoms with Crippen molar-refractivity contribution in [3.63, 3.8) is 0 Å². The normalized spacial score (nSPS) is 19.8. The van der Waals surface area contributed by atoms with Crippen LogP contribution in [-0.4, -0.2) is 61.0 Å². The molecule has 1 amide bonds. The van der Waals surface area contributed by atoms with Gasteiger partial charge < -0.3 is 14.8 Å². The molecule has 0 spiro atoms. The summed E-state index contributed by atoms with van der Waals surface area (Å²) >= 11 is 0. The Balaban J connectivity index is 1.99. The van der Waals surface area contributed by atoms with Gasteiger partial charge in [-0.25, -0.2) is 18.1 Å². The maximum absolute atomic E-state index is 12.1. The van der Waals surface area contributed by atoms with E-state index in [1.54, 1.807) is 23.4 Å². The van der Waals surface area contributed by atoms with Gasteiger partial charge in [-0.2, -0.15) is 0 Å². The molecular formula is C12H21N5O3S. The Labute approximate surface area is 124 Å². The third-order valence-electron chi connectivity index (χ3n) is 3.60. The Kier molecular flexibility index (Phi) is 4.64. The highest BCUT2D eigenvalue weighted by molar-refractivity contribution is 7.89. The smallest absolute Gasteiger partial charge is 0.260 e. The van der Waals surface area contributed by atoms with Gasteiger partial charge in [0.1, 0.15) is 5.82 Å². The van der Waals surface area contributed by atoms with E-state index < -0.39 is 10.0 Å². The van der Waals surface area contributed by atoms with Crippen molar-refractivity contribution in [2.24, 2.45) is 7.05 Å². The van der Waals surface area contributed by atoms with E-state index in [4.69, 9.17) is 0 Å². The summed E-state index contributed by atoms with van der Waals surface area (Å²) < 4.78 is 28.1. The SMILES string of the molecule is Cc1nc(S(=O)(=O)NCC(=O)N2CCNC[C@H]2C)cn1C. The fraction of sp³-hybridized carbons (Fsp3) is 0.667. The summed E-state index contributed by atoms with van der Waals surface area (Å²) in [5, 5.41) is 3.12. The molecule has 0 unspecified atom stereocenters. The van der Waals surface area contributed by atoms with Crippen molar-refractivity contribution in [3.8, 4) is 0 Å². The van der Waals surface area contributed by atoms with Crippen molar-refractivity contribution in [1.29, 1.82) is 0 Å². The quantitative estimate of drug-likeness (QED) is 0.730. The van der Waals surface area contributed by atoms with Crippen LogP contribution in [0.15, 0.2) is 11.2 Å². The highest BCUT2D eigenvalue weighted by atomic mass is 32.2. The summed E-state index contributed by atoms with van der Waals surface area (Å²) in [6.45, 7) is 5.43. The van der Waals surface area contributed by atoms with Crippen molar-refractivity contribution in [3.05, 3.63) is 12.0 Å². The number of imidazole rings is 1. The van der Waals surface area contributed by atoms with Crippen LogP contribution >= 0.6 is 0 Å². The van der Waals surface area contributed by atoms with Gasteiger partial charge in [-0.1, -0.05) is 0 Å². The second-order valence-corrected chi connectivity index (χ2v) is 6.92. The first-order chi connectivity index (χ1) is 9.81. The first kappa shape index (κ1) is 15.9. The van der Waals surface area contributed by atoms with Gasteiger partial charge in [0.15, 0.2) is 5.03 Å². The molecule has 1 aliphatic rings. The van der Waals surface area contributed by atoms with Gasteiger partial charge in [0.25, 0.3) is 10.0 Å². The number of sulfonamides is 1. The van der Waals surface area contributed by atoms with Gasteiger partial charge in [-0.05, 0) is 13.8 Å². The number of nitrogens with zero attached hydrogens (tertiary/aromatic N) is 3. The van der Waals surface area contributed by atoms with Crippen LogP contribution < -0.4 is 10.0 Å². The molecule has 1 aromatic heterocycles. The zero-order chi connectivity index (χ0) is 15.6. The van der Waals surface area contributed by atoms with Crippen LogP contribution in [0.5, 0.6) is 0 Å². The molecule has 1 aromatic rings. The third kappa shape index (κ3) is 3.60. The van der Waals surface area contributed by atoms with E-state index >= 15 is 0 Å². The number of hydrogen-bond acceptors (Lipinski definition) is 5. The summed E-state index contributed by atoms with van der Waals surface area (Å²) in [5.41, 5.74) is 0. The topological polar surface area (TPSA) is 96.3 Å². The van der Waals surface area contributed by atoms with Crippen molar-refractivity contribution in [2.75, 3.05) is 26.2 Å². The molecule has 2 heterocycles. The number of carbonyl (C=O) groups excluding carboxylic acids is 1. The van der Waals surface area contributed by atoms with Crippen LogP contribution in [0.1, 0.15) is 12.7 Å². The van der Waals surface area contributed by atoms with Crippen LogP contribution in [0.2, 0.25) is 0 Å². The molecular weight excluding hydrogens is 294 g/mol. The molecule has 0 aliphatic carbocycles. The first-order valence-electron chi connectivity index (χ1n) is 6.81. The lowest BCUT2D eigenvalue weighted by atomic mass is 10.2. The lowest BCUT2D eigenvalue weighted by Gasteiger charge is -2.34. The van der Waals surface area contributed by atoms with Crippen molar-refractivity contribution in [1.82, 2.24) is 24.5 Å². The molecule has 8 nitrogen and oxygen atoms in total. The van der Waals surface area contributed by atoms with Gasteiger partial charge in [0, 0.05) is 38.9 Å². The molecule has 0 radical (unpaired) electrons. The van der Waals surface area contributed by atoms with Gasteiger partial charge in [-0.15, -0.1) is 0 Å². The summed E-state index contributed by atoms with van der Waals surface area (Å²) in [6.07, 6.45) is 1.43. The Morgan fingerprint density at radius 1 is 1.57 bits per heavy atom. The van der Waals surface area contributed by atoms with Crippen molar-refractivity contribution < 1.29 is 13.2 Å². The Morgan fingerprint density at radius 3 is 2.86 bits per heavy atom. The van der Waals surface area contributed by atoms with Crippen LogP contribution in [-0.2, 0) is 21.9 Å². The molecule has 1 atom stereocenters. The zero-order valence-corrected chi connectivity index (χ0v) is 13.3. The fourth-order valence-electron chi connectivity index (χ4n) is 2.20.